The summed E-state index contributed by atoms with van der Waals surface area (Å²) in [6.45, 7) is 7.30. The molecule has 0 bridgehead atoms. The standard InChI is InChI=1S/C16H24N2/c1-14-8-12-18(13-9-14)16-6-4-15(5-7-16)17-10-2-3-11-17/h4-7,14H,2-3,8-13H2,1H3. The zero-order valence-electron chi connectivity index (χ0n) is 11.4. The highest BCUT2D eigenvalue weighted by Crippen LogP contribution is 2.26. The molecule has 2 heteroatoms. The van der Waals surface area contributed by atoms with E-state index in [9.17, 15) is 0 Å². The summed E-state index contributed by atoms with van der Waals surface area (Å²) >= 11 is 0. The minimum absolute atomic E-state index is 0.908. The number of nitrogens with zero attached hydrogens (tertiary/aromatic N) is 2. The lowest BCUT2D eigenvalue weighted by Gasteiger charge is -2.32. The molecule has 2 aliphatic rings. The minimum atomic E-state index is 0.908. The second-order valence-corrected chi connectivity index (χ2v) is 5.88. The normalized spacial score (nSPS) is 21.6. The van der Waals surface area contributed by atoms with Gasteiger partial charge in [-0.2, -0.15) is 0 Å². The third kappa shape index (κ3) is 2.47. The van der Waals surface area contributed by atoms with Crippen LogP contribution in [0, 0.1) is 5.92 Å². The van der Waals surface area contributed by atoms with Gasteiger partial charge in [0.1, 0.15) is 0 Å². The smallest absolute Gasteiger partial charge is 0.0367 e. The van der Waals surface area contributed by atoms with Crippen LogP contribution in [0.3, 0.4) is 0 Å². The van der Waals surface area contributed by atoms with Gasteiger partial charge in [0, 0.05) is 37.6 Å². The van der Waals surface area contributed by atoms with Crippen LogP contribution in [0.5, 0.6) is 0 Å². The Labute approximate surface area is 111 Å². The van der Waals surface area contributed by atoms with Crippen LogP contribution < -0.4 is 9.80 Å². The summed E-state index contributed by atoms with van der Waals surface area (Å²) in [6.07, 6.45) is 5.39. The highest BCUT2D eigenvalue weighted by Gasteiger charge is 2.17. The molecule has 18 heavy (non-hydrogen) atoms. The van der Waals surface area contributed by atoms with Crippen LogP contribution in [0.15, 0.2) is 24.3 Å². The fourth-order valence-electron chi connectivity index (χ4n) is 3.12. The molecule has 2 aliphatic heterocycles. The second kappa shape index (κ2) is 5.21. The third-order valence-electron chi connectivity index (χ3n) is 4.47. The van der Waals surface area contributed by atoms with E-state index in [1.807, 2.05) is 0 Å². The predicted molar refractivity (Wildman–Crippen MR) is 78.5 cm³/mol. The molecule has 0 spiro atoms. The van der Waals surface area contributed by atoms with Crippen molar-refractivity contribution >= 4 is 11.4 Å². The van der Waals surface area contributed by atoms with Gasteiger partial charge in [-0.25, -0.2) is 0 Å². The lowest BCUT2D eigenvalue weighted by atomic mass is 9.99. The van der Waals surface area contributed by atoms with E-state index in [0.717, 1.165) is 5.92 Å². The van der Waals surface area contributed by atoms with Crippen LogP contribution in [0.25, 0.3) is 0 Å². The van der Waals surface area contributed by atoms with E-state index in [1.165, 1.54) is 63.2 Å². The summed E-state index contributed by atoms with van der Waals surface area (Å²) in [5, 5.41) is 0. The quantitative estimate of drug-likeness (QED) is 0.785. The van der Waals surface area contributed by atoms with Crippen LogP contribution >= 0.6 is 0 Å². The van der Waals surface area contributed by atoms with Crippen LogP contribution in [-0.4, -0.2) is 26.2 Å². The third-order valence-corrected chi connectivity index (χ3v) is 4.47. The Kier molecular flexibility index (Phi) is 3.44. The van der Waals surface area contributed by atoms with Crippen LogP contribution in [0.1, 0.15) is 32.6 Å². The summed E-state index contributed by atoms with van der Waals surface area (Å²) in [5.41, 5.74) is 2.81. The summed E-state index contributed by atoms with van der Waals surface area (Å²) < 4.78 is 0. The van der Waals surface area contributed by atoms with Crippen molar-refractivity contribution in [3.8, 4) is 0 Å². The first-order valence-electron chi connectivity index (χ1n) is 7.43. The number of piperidine rings is 1. The second-order valence-electron chi connectivity index (χ2n) is 5.88. The first-order valence-corrected chi connectivity index (χ1v) is 7.43. The lowest BCUT2D eigenvalue weighted by molar-refractivity contribution is 0.438. The fraction of sp³-hybridized carbons (Fsp3) is 0.625. The van der Waals surface area contributed by atoms with Crippen molar-refractivity contribution in [3.05, 3.63) is 24.3 Å². The van der Waals surface area contributed by atoms with E-state index in [2.05, 4.69) is 41.0 Å². The molecule has 1 aromatic rings. The van der Waals surface area contributed by atoms with Crippen molar-refractivity contribution in [2.24, 2.45) is 5.92 Å². The van der Waals surface area contributed by atoms with Gasteiger partial charge in [0.15, 0.2) is 0 Å². The van der Waals surface area contributed by atoms with E-state index in [4.69, 9.17) is 0 Å². The molecule has 1 aromatic carbocycles. The molecule has 0 aliphatic carbocycles. The average molecular weight is 244 g/mol. The Morgan fingerprint density at radius 2 is 1.22 bits per heavy atom. The summed E-state index contributed by atoms with van der Waals surface area (Å²) in [4.78, 5) is 5.04. The maximum absolute atomic E-state index is 2.54. The number of rotatable bonds is 2. The minimum Gasteiger partial charge on any atom is -0.372 e. The lowest BCUT2D eigenvalue weighted by Crippen LogP contribution is -2.32. The van der Waals surface area contributed by atoms with Gasteiger partial charge in [0.2, 0.25) is 0 Å². The Morgan fingerprint density at radius 3 is 1.72 bits per heavy atom. The Balaban J connectivity index is 1.67. The molecule has 2 fully saturated rings. The maximum atomic E-state index is 2.54. The van der Waals surface area contributed by atoms with Crippen LogP contribution in [0.2, 0.25) is 0 Å². The number of benzene rings is 1. The zero-order chi connectivity index (χ0) is 12.4. The Hall–Kier alpha value is -1.18. The van der Waals surface area contributed by atoms with Crippen molar-refractivity contribution in [3.63, 3.8) is 0 Å². The summed E-state index contributed by atoms with van der Waals surface area (Å²) in [7, 11) is 0. The number of hydrogen-bond acceptors (Lipinski definition) is 2. The van der Waals surface area contributed by atoms with Crippen molar-refractivity contribution in [2.45, 2.75) is 32.6 Å². The zero-order valence-corrected chi connectivity index (χ0v) is 11.4. The Morgan fingerprint density at radius 1 is 0.778 bits per heavy atom. The molecular formula is C16H24N2. The molecule has 3 rings (SSSR count). The van der Waals surface area contributed by atoms with Gasteiger partial charge in [-0.1, -0.05) is 6.92 Å². The molecule has 0 atom stereocenters. The van der Waals surface area contributed by atoms with E-state index in [0.29, 0.717) is 0 Å². The molecule has 0 radical (unpaired) electrons. The first-order chi connectivity index (χ1) is 8.83. The molecular weight excluding hydrogens is 220 g/mol. The number of anilines is 2. The van der Waals surface area contributed by atoms with Crippen molar-refractivity contribution < 1.29 is 0 Å². The van der Waals surface area contributed by atoms with E-state index >= 15 is 0 Å². The van der Waals surface area contributed by atoms with Crippen LogP contribution in [0.4, 0.5) is 11.4 Å². The monoisotopic (exact) mass is 244 g/mol. The summed E-state index contributed by atoms with van der Waals surface area (Å²) in [6, 6.07) is 9.23. The fourth-order valence-corrected chi connectivity index (χ4v) is 3.12. The van der Waals surface area contributed by atoms with E-state index < -0.39 is 0 Å². The maximum Gasteiger partial charge on any atom is 0.0367 e. The predicted octanol–water partition coefficient (Wildman–Crippen LogP) is 3.52. The van der Waals surface area contributed by atoms with Crippen LogP contribution in [-0.2, 0) is 0 Å². The molecule has 2 nitrogen and oxygen atoms in total. The van der Waals surface area contributed by atoms with Gasteiger partial charge in [0.25, 0.3) is 0 Å². The van der Waals surface area contributed by atoms with Gasteiger partial charge in [-0.05, 0) is 55.9 Å². The molecule has 2 heterocycles. The largest absolute Gasteiger partial charge is 0.372 e. The van der Waals surface area contributed by atoms with Gasteiger partial charge < -0.3 is 9.80 Å². The van der Waals surface area contributed by atoms with Crippen molar-refractivity contribution in [2.75, 3.05) is 36.0 Å². The van der Waals surface area contributed by atoms with E-state index in [-0.39, 0.29) is 0 Å². The van der Waals surface area contributed by atoms with Gasteiger partial charge >= 0.3 is 0 Å². The SMILES string of the molecule is CC1CCN(c2ccc(N3CCCC3)cc2)CC1. The molecule has 0 saturated carbocycles. The molecule has 0 N–H and O–H groups in total. The van der Waals surface area contributed by atoms with Gasteiger partial charge in [0.05, 0.1) is 0 Å². The topological polar surface area (TPSA) is 6.48 Å². The average Bonchev–Trinajstić information content (AvgIpc) is 2.94. The highest BCUT2D eigenvalue weighted by atomic mass is 15.2. The Bertz CT molecular complexity index is 371. The van der Waals surface area contributed by atoms with Crippen molar-refractivity contribution in [1.82, 2.24) is 0 Å². The summed E-state index contributed by atoms with van der Waals surface area (Å²) in [5.74, 6) is 0.908. The highest BCUT2D eigenvalue weighted by molar-refractivity contribution is 5.56. The van der Waals surface area contributed by atoms with E-state index in [1.54, 1.807) is 0 Å². The molecule has 2 saturated heterocycles. The number of hydrogen-bond donors (Lipinski definition) is 0. The molecule has 0 amide bonds. The molecule has 98 valence electrons. The van der Waals surface area contributed by atoms with Crippen molar-refractivity contribution in [1.29, 1.82) is 0 Å². The van der Waals surface area contributed by atoms with Gasteiger partial charge in [-0.3, -0.25) is 0 Å². The first kappa shape index (κ1) is 11.9. The molecule has 0 unspecified atom stereocenters. The molecule has 0 aromatic heterocycles. The van der Waals surface area contributed by atoms with Gasteiger partial charge in [-0.15, -0.1) is 0 Å².